The van der Waals surface area contributed by atoms with Crippen LogP contribution in [0.5, 0.6) is 0 Å². The zero-order valence-electron chi connectivity index (χ0n) is 36.7. The van der Waals surface area contributed by atoms with Gasteiger partial charge in [-0.3, -0.25) is 18.7 Å². The summed E-state index contributed by atoms with van der Waals surface area (Å²) in [6.07, 6.45) is 13.9. The summed E-state index contributed by atoms with van der Waals surface area (Å²) in [7, 11) is -2.64. The number of allylic oxidation sites excluding steroid dienone is 4. The van der Waals surface area contributed by atoms with Crippen molar-refractivity contribution in [1.82, 2.24) is 5.32 Å². The second-order valence-corrected chi connectivity index (χ2v) is 21.7. The largest absolute Gasteiger partial charge is 0.460 e. The van der Waals surface area contributed by atoms with Gasteiger partial charge in [0.05, 0.1) is 42.8 Å². The lowest BCUT2D eigenvalue weighted by Crippen LogP contribution is -2.41. The molecule has 1 fully saturated rings. The number of ether oxygens (including phenoxy) is 1. The van der Waals surface area contributed by atoms with Gasteiger partial charge in [0.1, 0.15) is 19.7 Å². The molecule has 3 N–H and O–H groups in total. The highest BCUT2D eigenvalue weighted by molar-refractivity contribution is 7.86. The summed E-state index contributed by atoms with van der Waals surface area (Å²) in [6, 6.07) is 9.35. The minimum Gasteiger partial charge on any atom is -0.460 e. The number of nitrogens with one attached hydrogen (secondary N) is 1. The molecule has 2 aromatic rings. The van der Waals surface area contributed by atoms with E-state index in [0.29, 0.717) is 50.0 Å². The number of quaternary nitrogens is 1. The number of likely N-dealkylation sites (N-methyl/N-ethyl adjacent to an activating group) is 2. The van der Waals surface area contributed by atoms with Gasteiger partial charge >= 0.3 is 5.97 Å². The van der Waals surface area contributed by atoms with Crippen LogP contribution in [0.4, 0.5) is 11.4 Å². The molecule has 0 radical (unpaired) electrons. The van der Waals surface area contributed by atoms with Gasteiger partial charge in [-0.05, 0) is 93.8 Å². The van der Waals surface area contributed by atoms with E-state index in [9.17, 15) is 35.5 Å². The predicted molar refractivity (Wildman–Crippen MR) is 234 cm³/mol. The number of benzene rings is 2. The molecular formula is C45H66N4O9S2+2. The van der Waals surface area contributed by atoms with Crippen molar-refractivity contribution in [2.75, 3.05) is 58.8 Å². The van der Waals surface area contributed by atoms with Crippen LogP contribution in [-0.2, 0) is 45.4 Å². The fourth-order valence-electron chi connectivity index (χ4n) is 9.06. The number of nitrogens with zero attached hydrogens (tertiary/aromatic N) is 3. The molecule has 0 atom stereocenters. The first kappa shape index (κ1) is 47.2. The summed E-state index contributed by atoms with van der Waals surface area (Å²) in [6.45, 7) is 12.9. The summed E-state index contributed by atoms with van der Waals surface area (Å²) < 4.78 is 76.5. The number of hydrogen-bond acceptors (Lipinski definition) is 8. The minimum atomic E-state index is -4.44. The van der Waals surface area contributed by atoms with Crippen molar-refractivity contribution in [1.29, 1.82) is 0 Å². The average molecular weight is 871 g/mol. The second kappa shape index (κ2) is 18.2. The number of carbonyl (C=O) groups excluding carboxylic acids is 2. The predicted octanol–water partition coefficient (Wildman–Crippen LogP) is 7.08. The molecule has 13 nitrogen and oxygen atoms in total. The normalized spacial score (nSPS) is 19.2. The second-order valence-electron chi connectivity index (χ2n) is 18.8. The molecule has 0 aromatic heterocycles. The first-order valence-electron chi connectivity index (χ1n) is 21.2. The average Bonchev–Trinajstić information content (AvgIpc) is 3.50. The Morgan fingerprint density at radius 2 is 1.52 bits per heavy atom. The lowest BCUT2D eigenvalue weighted by atomic mass is 9.71. The van der Waals surface area contributed by atoms with Gasteiger partial charge in [-0.15, -0.1) is 0 Å². The van der Waals surface area contributed by atoms with E-state index in [1.54, 1.807) is 12.1 Å². The smallest absolute Gasteiger partial charge is 0.306 e. The van der Waals surface area contributed by atoms with E-state index < -0.39 is 31.1 Å². The Labute approximate surface area is 357 Å². The molecule has 330 valence electrons. The van der Waals surface area contributed by atoms with E-state index >= 15 is 0 Å². The van der Waals surface area contributed by atoms with Crippen molar-refractivity contribution in [2.24, 2.45) is 5.41 Å². The van der Waals surface area contributed by atoms with Gasteiger partial charge in [-0.2, -0.15) is 21.4 Å². The zero-order valence-corrected chi connectivity index (χ0v) is 38.3. The van der Waals surface area contributed by atoms with Gasteiger partial charge < -0.3 is 19.4 Å². The van der Waals surface area contributed by atoms with E-state index in [1.165, 1.54) is 24.3 Å². The van der Waals surface area contributed by atoms with Crippen LogP contribution in [0.25, 0.3) is 0 Å². The molecule has 2 aromatic carbocycles. The fourth-order valence-corrected chi connectivity index (χ4v) is 10.1. The third-order valence-electron chi connectivity index (χ3n) is 12.6. The third kappa shape index (κ3) is 10.9. The minimum absolute atomic E-state index is 0.0284. The van der Waals surface area contributed by atoms with Crippen molar-refractivity contribution in [3.8, 4) is 0 Å². The monoisotopic (exact) mass is 870 g/mol. The molecule has 2 aliphatic heterocycles. The maximum atomic E-state index is 13.1. The number of hydrogen-bond donors (Lipinski definition) is 3. The van der Waals surface area contributed by atoms with Crippen molar-refractivity contribution in [2.45, 2.75) is 119 Å². The Kier molecular flexibility index (Phi) is 14.3. The highest BCUT2D eigenvalue weighted by atomic mass is 32.2. The molecule has 3 aliphatic rings. The lowest BCUT2D eigenvalue weighted by molar-refractivity contribution is -0.870. The number of carbonyl (C=O) groups is 2. The summed E-state index contributed by atoms with van der Waals surface area (Å²) >= 11 is 0. The molecular weight excluding hydrogens is 805 g/mol. The zero-order chi connectivity index (χ0) is 44.3. The molecule has 1 amide bonds. The number of amides is 1. The molecule has 0 unspecified atom stereocenters. The fraction of sp³-hybridized carbons (Fsp3) is 0.578. The van der Waals surface area contributed by atoms with E-state index in [0.717, 1.165) is 85.4 Å². The Bertz CT molecular complexity index is 2260. The Hall–Kier alpha value is -3.89. The first-order valence-corrected chi connectivity index (χ1v) is 24.1. The number of fused-ring (bicyclic) bond motifs is 2. The number of esters is 1. The van der Waals surface area contributed by atoms with Crippen molar-refractivity contribution in [3.05, 3.63) is 71.5 Å². The molecule has 5 rings (SSSR count). The molecule has 0 saturated heterocycles. The topological polar surface area (TPSA) is 170 Å². The van der Waals surface area contributed by atoms with E-state index in [4.69, 9.17) is 4.74 Å². The number of anilines is 1. The van der Waals surface area contributed by atoms with Crippen LogP contribution in [0.2, 0.25) is 0 Å². The van der Waals surface area contributed by atoms with Crippen molar-refractivity contribution in [3.63, 3.8) is 0 Å². The third-order valence-corrected chi connectivity index (χ3v) is 14.3. The number of rotatable bonds is 18. The van der Waals surface area contributed by atoms with Gasteiger partial charge in [0.15, 0.2) is 5.71 Å². The van der Waals surface area contributed by atoms with Gasteiger partial charge in [0, 0.05) is 60.4 Å². The van der Waals surface area contributed by atoms with Crippen molar-refractivity contribution < 1.29 is 49.3 Å². The van der Waals surface area contributed by atoms with Crippen molar-refractivity contribution >= 4 is 49.2 Å². The Morgan fingerprint density at radius 1 is 0.883 bits per heavy atom. The molecule has 1 saturated carbocycles. The molecule has 15 heteroatoms. The summed E-state index contributed by atoms with van der Waals surface area (Å²) in [4.78, 5) is 27.7. The Morgan fingerprint density at radius 3 is 2.13 bits per heavy atom. The van der Waals surface area contributed by atoms with Crippen LogP contribution in [0.1, 0.15) is 110 Å². The van der Waals surface area contributed by atoms with Crippen LogP contribution in [0.3, 0.4) is 0 Å². The Balaban J connectivity index is 1.29. The van der Waals surface area contributed by atoms with Gasteiger partial charge in [-0.25, -0.2) is 0 Å². The molecule has 60 heavy (non-hydrogen) atoms. The summed E-state index contributed by atoms with van der Waals surface area (Å²) in [5, 5.41) is 3.14. The highest BCUT2D eigenvalue weighted by Gasteiger charge is 2.45. The standard InChI is InChI=1S/C45H64N4O9S2/c1-9-47-37-22-20-33(59(52,53)54)29-35(37)43(2,3)39(47)17-16-18-40-44(4,5)36-30-34(60(55,56)57)21-23-38(36)48(40)26-15-10-12-19-41(50)46-32-45(24-13-11-14-25-45)31-42(51)58-28-27-49(6,7)8/h16-18,20-23,29-30H,9-15,19,24-28,31-32H2,1-8H3,(H-2,46,50,52,53,54,55,56,57)/p+2. The van der Waals surface area contributed by atoms with Gasteiger partial charge in [-0.1, -0.05) is 39.2 Å². The van der Waals surface area contributed by atoms with Crippen LogP contribution >= 0.6 is 0 Å². The van der Waals surface area contributed by atoms with Crippen LogP contribution in [0.15, 0.2) is 70.1 Å². The van der Waals surface area contributed by atoms with E-state index in [2.05, 4.69) is 35.9 Å². The maximum Gasteiger partial charge on any atom is 0.306 e. The SMILES string of the molecule is CCN1/C(=C/C=C/C2=[N+](CCCCCC(=O)NCC3(CC(=O)OCC[N+](C)(C)C)CCCCC3)c3ccc(S(=O)(=O)O)cc3C2(C)C)C(C)(C)c2cc(S(=O)(=O)O)ccc21. The van der Waals surface area contributed by atoms with Crippen LogP contribution in [0, 0.1) is 5.41 Å². The quantitative estimate of drug-likeness (QED) is 0.0463. The van der Waals surface area contributed by atoms with Crippen LogP contribution < -0.4 is 10.2 Å². The molecule has 1 aliphatic carbocycles. The first-order chi connectivity index (χ1) is 27.9. The number of unbranched alkanes of at least 4 members (excludes halogenated alkanes) is 2. The van der Waals surface area contributed by atoms with Gasteiger partial charge in [0.25, 0.3) is 20.2 Å². The summed E-state index contributed by atoms with van der Waals surface area (Å²) in [5.41, 5.74) is 3.63. The van der Waals surface area contributed by atoms with Crippen LogP contribution in [-0.4, -0.2) is 107 Å². The maximum absolute atomic E-state index is 13.1. The van der Waals surface area contributed by atoms with E-state index in [1.807, 2.05) is 52.8 Å². The molecule has 0 spiro atoms. The van der Waals surface area contributed by atoms with E-state index in [-0.39, 0.29) is 27.1 Å². The summed E-state index contributed by atoms with van der Waals surface area (Å²) in [5.74, 6) is -0.227. The molecule has 0 bridgehead atoms. The molecule has 2 heterocycles. The highest BCUT2D eigenvalue weighted by Crippen LogP contribution is 2.48. The lowest BCUT2D eigenvalue weighted by Gasteiger charge is -2.36. The van der Waals surface area contributed by atoms with Gasteiger partial charge in [0.2, 0.25) is 11.6 Å².